The Hall–Kier alpha value is -4.08. The minimum absolute atomic E-state index is 0.147. The maximum Gasteiger partial charge on any atom is 0.435 e. The topological polar surface area (TPSA) is 85.6 Å². The molecule has 0 spiro atoms. The molecule has 4 rings (SSSR count). The number of carbonyl (C=O) groups is 1. The quantitative estimate of drug-likeness (QED) is 0.488. The Morgan fingerprint density at radius 1 is 1.00 bits per heavy atom. The molecule has 1 aromatic carbocycles. The van der Waals surface area contributed by atoms with E-state index in [4.69, 9.17) is 0 Å². The lowest BCUT2D eigenvalue weighted by Crippen LogP contribution is -2.23. The number of rotatable bonds is 5. The molecule has 33 heavy (non-hydrogen) atoms. The van der Waals surface area contributed by atoms with Gasteiger partial charge >= 0.3 is 6.18 Å². The summed E-state index contributed by atoms with van der Waals surface area (Å²) in [5, 5.41) is 6.38. The number of hydrogen-bond acceptors (Lipinski definition) is 5. The van der Waals surface area contributed by atoms with Crippen molar-refractivity contribution in [3.05, 3.63) is 89.4 Å². The number of halogens is 3. The summed E-state index contributed by atoms with van der Waals surface area (Å²) in [4.78, 5) is 25.6. The summed E-state index contributed by atoms with van der Waals surface area (Å²) in [5.41, 5.74) is 2.94. The lowest BCUT2D eigenvalue weighted by Gasteiger charge is -2.11. The largest absolute Gasteiger partial charge is 0.435 e. The number of nitrogens with one attached hydrogen (secondary N) is 1. The summed E-state index contributed by atoms with van der Waals surface area (Å²) in [6.07, 6.45) is 1.47. The van der Waals surface area contributed by atoms with Gasteiger partial charge in [0.05, 0.1) is 35.5 Å². The van der Waals surface area contributed by atoms with Gasteiger partial charge in [-0.2, -0.15) is 18.3 Å². The first-order valence-electron chi connectivity index (χ1n) is 9.96. The number of pyridine rings is 1. The van der Waals surface area contributed by atoms with Crippen LogP contribution in [0.1, 0.15) is 33.0 Å². The number of aromatic nitrogens is 5. The highest BCUT2D eigenvalue weighted by molar-refractivity contribution is 5.96. The molecule has 0 radical (unpaired) electrons. The number of carbonyl (C=O) groups excluding carboxylic acids is 1. The summed E-state index contributed by atoms with van der Waals surface area (Å²) in [6, 6.07) is 9.26. The van der Waals surface area contributed by atoms with Gasteiger partial charge < -0.3 is 5.32 Å². The summed E-state index contributed by atoms with van der Waals surface area (Å²) in [5.74, 6) is -0.421. The van der Waals surface area contributed by atoms with Crippen molar-refractivity contribution in [3.63, 3.8) is 0 Å². The maximum atomic E-state index is 13.0. The number of benzene rings is 1. The standard InChI is InChI=1S/C23H19F3N6O/c1-14-3-4-20(29-10-14)16-7-17(22(33)30-13-18-12-27-15(2)11-28-18)9-19(8-16)32-6-5-21(31-32)23(24,25)26/h3-12H,13H2,1-2H3,(H,30,33). The highest BCUT2D eigenvalue weighted by Gasteiger charge is 2.33. The van der Waals surface area contributed by atoms with Crippen LogP contribution in [0.2, 0.25) is 0 Å². The molecule has 0 unspecified atom stereocenters. The fourth-order valence-electron chi connectivity index (χ4n) is 3.06. The molecule has 3 heterocycles. The van der Waals surface area contributed by atoms with Crippen molar-refractivity contribution in [2.75, 3.05) is 0 Å². The van der Waals surface area contributed by atoms with E-state index < -0.39 is 17.8 Å². The van der Waals surface area contributed by atoms with Gasteiger partial charge in [0.1, 0.15) is 0 Å². The lowest BCUT2D eigenvalue weighted by molar-refractivity contribution is -0.141. The van der Waals surface area contributed by atoms with Crippen molar-refractivity contribution < 1.29 is 18.0 Å². The maximum absolute atomic E-state index is 13.0. The van der Waals surface area contributed by atoms with Gasteiger partial charge in [-0.15, -0.1) is 0 Å². The zero-order chi connectivity index (χ0) is 23.6. The van der Waals surface area contributed by atoms with Crippen molar-refractivity contribution in [2.24, 2.45) is 0 Å². The van der Waals surface area contributed by atoms with Crippen molar-refractivity contribution in [1.29, 1.82) is 0 Å². The smallest absolute Gasteiger partial charge is 0.346 e. The van der Waals surface area contributed by atoms with Crippen molar-refractivity contribution >= 4 is 5.91 Å². The van der Waals surface area contributed by atoms with Gasteiger partial charge in [0.2, 0.25) is 0 Å². The molecule has 0 fully saturated rings. The molecule has 7 nitrogen and oxygen atoms in total. The van der Waals surface area contributed by atoms with E-state index in [0.717, 1.165) is 22.0 Å². The third-order valence-corrected chi connectivity index (χ3v) is 4.80. The molecule has 1 amide bonds. The molecule has 0 bridgehead atoms. The summed E-state index contributed by atoms with van der Waals surface area (Å²) < 4.78 is 40.2. The molecule has 0 aliphatic carbocycles. The minimum Gasteiger partial charge on any atom is -0.346 e. The molecule has 0 atom stereocenters. The summed E-state index contributed by atoms with van der Waals surface area (Å²) >= 11 is 0. The SMILES string of the molecule is Cc1ccc(-c2cc(C(=O)NCc3cnc(C)cn3)cc(-n3ccc(C(F)(F)F)n3)c2)nc1. The van der Waals surface area contributed by atoms with Gasteiger partial charge in [-0.1, -0.05) is 6.07 Å². The number of alkyl halides is 3. The molecule has 0 aliphatic rings. The Balaban J connectivity index is 1.69. The van der Waals surface area contributed by atoms with Crippen LogP contribution >= 0.6 is 0 Å². The van der Waals surface area contributed by atoms with E-state index in [2.05, 4.69) is 25.4 Å². The van der Waals surface area contributed by atoms with Crippen LogP contribution < -0.4 is 5.32 Å². The Kier molecular flexibility index (Phi) is 5.91. The second-order valence-electron chi connectivity index (χ2n) is 7.46. The number of nitrogens with zero attached hydrogens (tertiary/aromatic N) is 5. The molecular formula is C23H19F3N6O. The van der Waals surface area contributed by atoms with Crippen molar-refractivity contribution in [3.8, 4) is 16.9 Å². The summed E-state index contributed by atoms with van der Waals surface area (Å²) in [7, 11) is 0. The van der Waals surface area contributed by atoms with E-state index in [-0.39, 0.29) is 12.1 Å². The Bertz CT molecular complexity index is 1280. The summed E-state index contributed by atoms with van der Waals surface area (Å²) in [6.45, 7) is 3.85. The van der Waals surface area contributed by atoms with Crippen molar-refractivity contribution in [2.45, 2.75) is 26.6 Å². The monoisotopic (exact) mass is 452 g/mol. The predicted octanol–water partition coefficient (Wildman–Crippen LogP) is 4.29. The van der Waals surface area contributed by atoms with Crippen LogP contribution in [0.5, 0.6) is 0 Å². The zero-order valence-corrected chi connectivity index (χ0v) is 17.8. The first kappa shape index (κ1) is 22.1. The molecule has 0 saturated heterocycles. The van der Waals surface area contributed by atoms with E-state index in [0.29, 0.717) is 22.6 Å². The zero-order valence-electron chi connectivity index (χ0n) is 17.8. The molecule has 3 aromatic heterocycles. The highest BCUT2D eigenvalue weighted by Crippen LogP contribution is 2.29. The first-order valence-corrected chi connectivity index (χ1v) is 9.96. The molecule has 168 valence electrons. The average Bonchev–Trinajstić information content (AvgIpc) is 3.30. The predicted molar refractivity (Wildman–Crippen MR) is 114 cm³/mol. The number of hydrogen-bond donors (Lipinski definition) is 1. The molecule has 1 N–H and O–H groups in total. The van der Waals surface area contributed by atoms with Crippen LogP contribution in [-0.4, -0.2) is 30.6 Å². The van der Waals surface area contributed by atoms with E-state index in [1.54, 1.807) is 43.7 Å². The second-order valence-corrected chi connectivity index (χ2v) is 7.46. The molecule has 4 aromatic rings. The second kappa shape index (κ2) is 8.81. The van der Waals surface area contributed by atoms with E-state index in [9.17, 15) is 18.0 Å². The number of aryl methyl sites for hydroxylation is 2. The number of amides is 1. The fraction of sp³-hybridized carbons (Fsp3) is 0.174. The Labute approximate surface area is 187 Å². The minimum atomic E-state index is -4.57. The van der Waals surface area contributed by atoms with Crippen LogP contribution in [0.3, 0.4) is 0 Å². The third kappa shape index (κ3) is 5.22. The molecule has 0 aliphatic heterocycles. The van der Waals surface area contributed by atoms with Crippen molar-refractivity contribution in [1.82, 2.24) is 30.0 Å². The normalized spacial score (nSPS) is 11.4. The molecular weight excluding hydrogens is 433 g/mol. The van der Waals surface area contributed by atoms with Crippen LogP contribution in [0.25, 0.3) is 16.9 Å². The molecule has 0 saturated carbocycles. The van der Waals surface area contributed by atoms with Crippen LogP contribution in [0, 0.1) is 13.8 Å². The van der Waals surface area contributed by atoms with Crippen LogP contribution in [-0.2, 0) is 12.7 Å². The lowest BCUT2D eigenvalue weighted by atomic mass is 10.0. The van der Waals surface area contributed by atoms with Gasteiger partial charge in [0.15, 0.2) is 5.69 Å². The van der Waals surface area contributed by atoms with Gasteiger partial charge in [0.25, 0.3) is 5.91 Å². The van der Waals surface area contributed by atoms with Crippen LogP contribution in [0.4, 0.5) is 13.2 Å². The first-order chi connectivity index (χ1) is 15.7. The van der Waals surface area contributed by atoms with Gasteiger partial charge in [-0.05, 0) is 49.7 Å². The Morgan fingerprint density at radius 3 is 2.45 bits per heavy atom. The fourth-order valence-corrected chi connectivity index (χ4v) is 3.06. The average molecular weight is 452 g/mol. The van der Waals surface area contributed by atoms with Gasteiger partial charge in [-0.3, -0.25) is 19.7 Å². The van der Waals surface area contributed by atoms with E-state index in [1.165, 1.54) is 12.3 Å². The van der Waals surface area contributed by atoms with E-state index >= 15 is 0 Å². The van der Waals surface area contributed by atoms with Crippen LogP contribution in [0.15, 0.2) is 61.2 Å². The van der Waals surface area contributed by atoms with E-state index in [1.807, 2.05) is 13.0 Å². The van der Waals surface area contributed by atoms with Gasteiger partial charge in [0, 0.05) is 29.7 Å². The molecule has 10 heteroatoms. The van der Waals surface area contributed by atoms with Gasteiger partial charge in [-0.25, -0.2) is 4.68 Å². The highest BCUT2D eigenvalue weighted by atomic mass is 19.4. The third-order valence-electron chi connectivity index (χ3n) is 4.80. The Morgan fingerprint density at radius 2 is 1.82 bits per heavy atom.